The first-order chi connectivity index (χ1) is 9.38. The molecule has 0 saturated carbocycles. The van der Waals surface area contributed by atoms with Crippen molar-refractivity contribution in [1.29, 1.82) is 0 Å². The van der Waals surface area contributed by atoms with Gasteiger partial charge >= 0.3 is 6.18 Å². The van der Waals surface area contributed by atoms with E-state index in [1.807, 2.05) is 13.0 Å². The molecule has 2 unspecified atom stereocenters. The molecule has 0 fully saturated rings. The Labute approximate surface area is 118 Å². The normalized spacial score (nSPS) is 14.9. The lowest BCUT2D eigenvalue weighted by Gasteiger charge is -2.20. The number of hydrogen-bond acceptors (Lipinski definition) is 2. The van der Waals surface area contributed by atoms with Crippen LogP contribution in [0.3, 0.4) is 0 Å². The van der Waals surface area contributed by atoms with Gasteiger partial charge in [-0.25, -0.2) is 0 Å². The Kier molecular flexibility index (Phi) is 6.33. The van der Waals surface area contributed by atoms with Crippen molar-refractivity contribution in [2.45, 2.75) is 51.9 Å². The summed E-state index contributed by atoms with van der Waals surface area (Å²) in [5.74, 6) is 0.254. The maximum atomic E-state index is 12.5. The quantitative estimate of drug-likeness (QED) is 0.799. The molecule has 0 heterocycles. The highest BCUT2D eigenvalue weighted by atomic mass is 19.4. The molecule has 0 radical (unpaired) electrons. The average molecular weight is 289 g/mol. The Morgan fingerprint density at radius 1 is 1.25 bits per heavy atom. The number of rotatable bonds is 7. The molecule has 0 aliphatic heterocycles. The van der Waals surface area contributed by atoms with E-state index in [9.17, 15) is 13.2 Å². The Hall–Kier alpha value is -1.23. The van der Waals surface area contributed by atoms with Gasteiger partial charge < -0.3 is 10.1 Å². The third-order valence-corrected chi connectivity index (χ3v) is 3.08. The summed E-state index contributed by atoms with van der Waals surface area (Å²) in [6.07, 6.45) is -4.27. The maximum Gasteiger partial charge on any atom is 0.425 e. The van der Waals surface area contributed by atoms with E-state index in [1.165, 1.54) is 0 Å². The van der Waals surface area contributed by atoms with Crippen LogP contribution >= 0.6 is 0 Å². The smallest absolute Gasteiger partial charge is 0.425 e. The van der Waals surface area contributed by atoms with Gasteiger partial charge in [0.25, 0.3) is 0 Å². The first-order valence-electron chi connectivity index (χ1n) is 6.95. The molecule has 20 heavy (non-hydrogen) atoms. The van der Waals surface area contributed by atoms with Crippen molar-refractivity contribution in [2.75, 3.05) is 6.54 Å². The first-order valence-corrected chi connectivity index (χ1v) is 6.95. The molecule has 1 aromatic rings. The number of ether oxygens (including phenoxy) is 1. The van der Waals surface area contributed by atoms with Crippen LogP contribution in [0, 0.1) is 0 Å². The predicted molar refractivity (Wildman–Crippen MR) is 73.9 cm³/mol. The van der Waals surface area contributed by atoms with Crippen molar-refractivity contribution < 1.29 is 17.9 Å². The fourth-order valence-electron chi connectivity index (χ4n) is 1.89. The molecule has 1 aromatic carbocycles. The summed E-state index contributed by atoms with van der Waals surface area (Å²) in [5, 5.41) is 3.37. The highest BCUT2D eigenvalue weighted by molar-refractivity contribution is 5.30. The van der Waals surface area contributed by atoms with Gasteiger partial charge in [0.15, 0.2) is 6.10 Å². The van der Waals surface area contributed by atoms with Crippen molar-refractivity contribution in [3.63, 3.8) is 0 Å². The van der Waals surface area contributed by atoms with Gasteiger partial charge in [-0.05, 0) is 44.0 Å². The van der Waals surface area contributed by atoms with Crippen LogP contribution in [0.25, 0.3) is 0 Å². The predicted octanol–water partition coefficient (Wildman–Crippen LogP) is 4.47. The van der Waals surface area contributed by atoms with Crippen LogP contribution in [0.2, 0.25) is 0 Å². The van der Waals surface area contributed by atoms with Crippen molar-refractivity contribution >= 4 is 0 Å². The zero-order chi connectivity index (χ0) is 15.2. The van der Waals surface area contributed by atoms with Gasteiger partial charge in [0.2, 0.25) is 0 Å². The second-order valence-electron chi connectivity index (χ2n) is 4.79. The summed E-state index contributed by atoms with van der Waals surface area (Å²) >= 11 is 0. The fourth-order valence-corrected chi connectivity index (χ4v) is 1.89. The number of hydrogen-bond donors (Lipinski definition) is 1. The molecule has 0 bridgehead atoms. The molecule has 5 heteroatoms. The molecule has 1 rings (SSSR count). The summed E-state index contributed by atoms with van der Waals surface area (Å²) in [6.45, 7) is 6.01. The van der Waals surface area contributed by atoms with E-state index >= 15 is 0 Å². The summed E-state index contributed by atoms with van der Waals surface area (Å²) in [6, 6.07) is 7.00. The highest BCUT2D eigenvalue weighted by Crippen LogP contribution is 2.27. The fraction of sp³-hybridized carbons (Fsp3) is 0.600. The van der Waals surface area contributed by atoms with Gasteiger partial charge in [-0.3, -0.25) is 0 Å². The molecule has 0 amide bonds. The molecule has 0 aliphatic rings. The number of benzene rings is 1. The van der Waals surface area contributed by atoms with Gasteiger partial charge in [0.05, 0.1) is 0 Å². The summed E-state index contributed by atoms with van der Waals surface area (Å²) in [4.78, 5) is 0. The molecule has 0 saturated heterocycles. The third-order valence-electron chi connectivity index (χ3n) is 3.08. The number of nitrogens with one attached hydrogen (secondary N) is 1. The molecular weight excluding hydrogens is 267 g/mol. The Balaban J connectivity index is 2.79. The Morgan fingerprint density at radius 2 is 1.95 bits per heavy atom. The maximum absolute atomic E-state index is 12.5. The molecule has 114 valence electrons. The zero-order valence-electron chi connectivity index (χ0n) is 12.1. The van der Waals surface area contributed by atoms with E-state index in [0.717, 1.165) is 31.9 Å². The molecule has 0 aliphatic carbocycles. The van der Waals surface area contributed by atoms with Crippen LogP contribution in [0.4, 0.5) is 13.2 Å². The monoisotopic (exact) mass is 289 g/mol. The van der Waals surface area contributed by atoms with E-state index in [0.29, 0.717) is 0 Å². The van der Waals surface area contributed by atoms with Gasteiger partial charge in [-0.1, -0.05) is 26.0 Å². The lowest BCUT2D eigenvalue weighted by molar-refractivity contribution is -0.189. The van der Waals surface area contributed by atoms with Crippen molar-refractivity contribution in [3.8, 4) is 5.75 Å². The Bertz CT molecular complexity index is 406. The second-order valence-corrected chi connectivity index (χ2v) is 4.79. The number of alkyl halides is 3. The van der Waals surface area contributed by atoms with Crippen LogP contribution in [-0.2, 0) is 0 Å². The molecule has 1 N–H and O–H groups in total. The molecule has 0 spiro atoms. The van der Waals surface area contributed by atoms with Crippen LogP contribution in [-0.4, -0.2) is 18.8 Å². The van der Waals surface area contributed by atoms with Crippen molar-refractivity contribution in [1.82, 2.24) is 5.32 Å². The van der Waals surface area contributed by atoms with Gasteiger partial charge in [0, 0.05) is 6.04 Å². The minimum absolute atomic E-state index is 0.139. The van der Waals surface area contributed by atoms with E-state index in [4.69, 9.17) is 4.74 Å². The standard InChI is InChI=1S/C15H22F3NO/c1-4-9-19-14(5-2)12-7-6-8-13(10-12)20-11(3)15(16,17)18/h6-8,10-11,14,19H,4-5,9H2,1-3H3. The van der Waals surface area contributed by atoms with Gasteiger partial charge in [-0.2, -0.15) is 13.2 Å². The minimum Gasteiger partial charge on any atom is -0.481 e. The van der Waals surface area contributed by atoms with E-state index in [-0.39, 0.29) is 11.8 Å². The summed E-state index contributed by atoms with van der Waals surface area (Å²) in [5.41, 5.74) is 0.952. The SMILES string of the molecule is CCCNC(CC)c1cccc(OC(C)C(F)(F)F)c1. The van der Waals surface area contributed by atoms with Crippen LogP contribution in [0.5, 0.6) is 5.75 Å². The zero-order valence-corrected chi connectivity index (χ0v) is 12.1. The average Bonchev–Trinajstić information content (AvgIpc) is 2.39. The van der Waals surface area contributed by atoms with E-state index in [2.05, 4.69) is 12.2 Å². The van der Waals surface area contributed by atoms with Crippen molar-refractivity contribution in [3.05, 3.63) is 29.8 Å². The lowest BCUT2D eigenvalue weighted by atomic mass is 10.0. The number of halogens is 3. The first kappa shape index (κ1) is 16.8. The topological polar surface area (TPSA) is 21.3 Å². The summed E-state index contributed by atoms with van der Waals surface area (Å²) in [7, 11) is 0. The third kappa shape index (κ3) is 5.04. The largest absolute Gasteiger partial charge is 0.481 e. The highest BCUT2D eigenvalue weighted by Gasteiger charge is 2.38. The summed E-state index contributed by atoms with van der Waals surface area (Å²) < 4.78 is 42.4. The van der Waals surface area contributed by atoms with Crippen molar-refractivity contribution in [2.24, 2.45) is 0 Å². The molecule has 2 atom stereocenters. The van der Waals surface area contributed by atoms with Gasteiger partial charge in [-0.15, -0.1) is 0 Å². The molecule has 2 nitrogen and oxygen atoms in total. The van der Waals surface area contributed by atoms with Gasteiger partial charge in [0.1, 0.15) is 5.75 Å². The lowest BCUT2D eigenvalue weighted by Crippen LogP contribution is -2.31. The van der Waals surface area contributed by atoms with Crippen LogP contribution in [0.1, 0.15) is 45.2 Å². The van der Waals surface area contributed by atoms with Crippen LogP contribution < -0.4 is 10.1 Å². The minimum atomic E-state index is -4.35. The molecule has 0 aromatic heterocycles. The molecular formula is C15H22F3NO. The Morgan fingerprint density at radius 3 is 2.50 bits per heavy atom. The second kappa shape index (κ2) is 7.53. The van der Waals surface area contributed by atoms with E-state index in [1.54, 1.807) is 18.2 Å². The van der Waals surface area contributed by atoms with E-state index < -0.39 is 12.3 Å². The van der Waals surface area contributed by atoms with Crippen LogP contribution in [0.15, 0.2) is 24.3 Å².